The fraction of sp³-hybridized carbons (Fsp3) is 0.286. The van der Waals surface area contributed by atoms with E-state index in [1.807, 2.05) is 12.1 Å². The van der Waals surface area contributed by atoms with Crippen LogP contribution in [-0.2, 0) is 4.79 Å². The van der Waals surface area contributed by atoms with Crippen LogP contribution in [0.15, 0.2) is 22.7 Å². The fourth-order valence-electron chi connectivity index (χ4n) is 2.27. The van der Waals surface area contributed by atoms with E-state index in [1.165, 1.54) is 6.21 Å². The molecule has 0 saturated heterocycles. The van der Waals surface area contributed by atoms with Gasteiger partial charge in [-0.05, 0) is 29.7 Å². The third kappa shape index (κ3) is 2.87. The molecule has 0 unspecified atom stereocenters. The number of nitrogens with one attached hydrogen (secondary N) is 1. The zero-order chi connectivity index (χ0) is 14.0. The molecule has 0 saturated carbocycles. The average molecular weight is 322 g/mol. The molecule has 1 amide bonds. The Morgan fingerprint density at radius 2 is 2.26 bits per heavy atom. The van der Waals surface area contributed by atoms with E-state index < -0.39 is 0 Å². The van der Waals surface area contributed by atoms with Gasteiger partial charge in [0.1, 0.15) is 0 Å². The highest BCUT2D eigenvalue weighted by Crippen LogP contribution is 2.30. The maximum atomic E-state index is 11.3. The van der Waals surface area contributed by atoms with Gasteiger partial charge in [0.15, 0.2) is 0 Å². The van der Waals surface area contributed by atoms with Crippen molar-refractivity contribution in [3.63, 3.8) is 0 Å². The van der Waals surface area contributed by atoms with Gasteiger partial charge in [0.05, 0.1) is 0 Å². The summed E-state index contributed by atoms with van der Waals surface area (Å²) in [4.78, 5) is 13.1. The molecule has 0 spiro atoms. The predicted octanol–water partition coefficient (Wildman–Crippen LogP) is 2.66. The summed E-state index contributed by atoms with van der Waals surface area (Å²) >= 11 is 3.43. The molecule has 2 rings (SSSR count). The first-order valence-electron chi connectivity index (χ1n) is 6.07. The molecule has 1 aliphatic heterocycles. The number of nitrogens with zero attached hydrogens (tertiary/aromatic N) is 1. The molecule has 1 aromatic rings. The lowest BCUT2D eigenvalue weighted by molar-refractivity contribution is -0.128. The molecule has 1 aliphatic rings. The molecule has 0 radical (unpaired) electrons. The number of nitrogen functional groups attached to an aromatic ring is 1. The summed E-state index contributed by atoms with van der Waals surface area (Å²) in [5.74, 6) is 0.0938. The molecule has 0 aromatic heterocycles. The van der Waals surface area contributed by atoms with Crippen molar-refractivity contribution in [2.45, 2.75) is 13.3 Å². The number of halogens is 1. The third-order valence-corrected chi connectivity index (χ3v) is 3.78. The molecule has 1 aromatic carbocycles. The molecule has 0 bridgehead atoms. The standard InChI is InChI=1S/C14H16BrN3O/c1-9(19)18-4-2-10(3-5-18)12-6-11(15)7-14(17)13(12)8-16/h2,6-8,16H,3-5,17H2,1H3. The minimum absolute atomic E-state index is 0.0938. The Hall–Kier alpha value is -1.62. The maximum Gasteiger partial charge on any atom is 0.219 e. The summed E-state index contributed by atoms with van der Waals surface area (Å²) in [6.07, 6.45) is 4.12. The number of anilines is 1. The molecule has 3 N–H and O–H groups in total. The van der Waals surface area contributed by atoms with Crippen LogP contribution in [0.25, 0.3) is 5.57 Å². The number of hydrogen-bond acceptors (Lipinski definition) is 3. The Kier molecular flexibility index (Phi) is 4.04. The van der Waals surface area contributed by atoms with Gasteiger partial charge in [-0.15, -0.1) is 0 Å². The van der Waals surface area contributed by atoms with Gasteiger partial charge in [-0.2, -0.15) is 0 Å². The zero-order valence-electron chi connectivity index (χ0n) is 10.7. The Labute approximate surface area is 120 Å². The predicted molar refractivity (Wildman–Crippen MR) is 81.3 cm³/mol. The van der Waals surface area contributed by atoms with Gasteiger partial charge in [-0.25, -0.2) is 0 Å². The monoisotopic (exact) mass is 321 g/mol. The molecule has 100 valence electrons. The number of carbonyl (C=O) groups excluding carboxylic acids is 1. The molecule has 19 heavy (non-hydrogen) atoms. The second kappa shape index (κ2) is 5.57. The number of rotatable bonds is 2. The van der Waals surface area contributed by atoms with Crippen LogP contribution in [0.4, 0.5) is 5.69 Å². The van der Waals surface area contributed by atoms with Crippen LogP contribution in [0.5, 0.6) is 0 Å². The molecule has 5 heteroatoms. The van der Waals surface area contributed by atoms with E-state index >= 15 is 0 Å². The van der Waals surface area contributed by atoms with Crippen LogP contribution in [0, 0.1) is 5.41 Å². The molecular weight excluding hydrogens is 306 g/mol. The van der Waals surface area contributed by atoms with Crippen molar-refractivity contribution in [3.8, 4) is 0 Å². The molecule has 0 atom stereocenters. The molecular formula is C14H16BrN3O. The minimum Gasteiger partial charge on any atom is -0.398 e. The summed E-state index contributed by atoms with van der Waals surface area (Å²) in [6.45, 7) is 2.92. The van der Waals surface area contributed by atoms with Crippen molar-refractivity contribution in [3.05, 3.63) is 33.8 Å². The highest BCUT2D eigenvalue weighted by atomic mass is 79.9. The summed E-state index contributed by atoms with van der Waals surface area (Å²) in [5.41, 5.74) is 9.39. The summed E-state index contributed by atoms with van der Waals surface area (Å²) in [5, 5.41) is 7.51. The zero-order valence-corrected chi connectivity index (χ0v) is 12.3. The van der Waals surface area contributed by atoms with Crippen LogP contribution in [0.2, 0.25) is 0 Å². The number of nitrogens with two attached hydrogens (primary N) is 1. The topological polar surface area (TPSA) is 70.2 Å². The van der Waals surface area contributed by atoms with Gasteiger partial charge >= 0.3 is 0 Å². The highest BCUT2D eigenvalue weighted by Gasteiger charge is 2.17. The van der Waals surface area contributed by atoms with E-state index in [9.17, 15) is 4.79 Å². The highest BCUT2D eigenvalue weighted by molar-refractivity contribution is 9.10. The second-order valence-electron chi connectivity index (χ2n) is 4.54. The average Bonchev–Trinajstić information content (AvgIpc) is 2.38. The quantitative estimate of drug-likeness (QED) is 0.649. The molecule has 1 heterocycles. The van der Waals surface area contributed by atoms with Crippen molar-refractivity contribution >= 4 is 39.3 Å². The normalized spacial score (nSPS) is 15.1. The van der Waals surface area contributed by atoms with Crippen LogP contribution >= 0.6 is 15.9 Å². The Morgan fingerprint density at radius 3 is 2.79 bits per heavy atom. The molecule has 0 fully saturated rings. The summed E-state index contributed by atoms with van der Waals surface area (Å²) in [6, 6.07) is 3.78. The minimum atomic E-state index is 0.0938. The molecule has 0 aliphatic carbocycles. The van der Waals surface area contributed by atoms with Crippen LogP contribution in [0.3, 0.4) is 0 Å². The summed E-state index contributed by atoms with van der Waals surface area (Å²) < 4.78 is 0.903. The van der Waals surface area contributed by atoms with Crippen molar-refractivity contribution in [2.24, 2.45) is 0 Å². The van der Waals surface area contributed by atoms with Gasteiger partial charge in [0, 0.05) is 42.0 Å². The molecule has 4 nitrogen and oxygen atoms in total. The van der Waals surface area contributed by atoms with Crippen LogP contribution < -0.4 is 5.73 Å². The van der Waals surface area contributed by atoms with E-state index in [2.05, 4.69) is 15.9 Å². The first-order valence-corrected chi connectivity index (χ1v) is 6.86. The van der Waals surface area contributed by atoms with Crippen molar-refractivity contribution < 1.29 is 4.79 Å². The first-order chi connectivity index (χ1) is 9.02. The van der Waals surface area contributed by atoms with E-state index in [4.69, 9.17) is 11.1 Å². The number of amides is 1. The van der Waals surface area contributed by atoms with Crippen LogP contribution in [0.1, 0.15) is 24.5 Å². The Bertz CT molecular complexity index is 566. The van der Waals surface area contributed by atoms with E-state index in [0.717, 1.165) is 27.6 Å². The SMILES string of the molecule is CC(=O)N1CC=C(c2cc(Br)cc(N)c2C=N)CC1. The van der Waals surface area contributed by atoms with Gasteiger partial charge in [0.2, 0.25) is 5.91 Å². The number of carbonyl (C=O) groups is 1. The Balaban J connectivity index is 2.38. The third-order valence-electron chi connectivity index (χ3n) is 3.32. The van der Waals surface area contributed by atoms with E-state index in [0.29, 0.717) is 18.8 Å². The van der Waals surface area contributed by atoms with Gasteiger partial charge < -0.3 is 16.0 Å². The lowest BCUT2D eigenvalue weighted by Crippen LogP contribution is -2.32. The van der Waals surface area contributed by atoms with Crippen LogP contribution in [-0.4, -0.2) is 30.1 Å². The van der Waals surface area contributed by atoms with Gasteiger partial charge in [0.25, 0.3) is 0 Å². The lowest BCUT2D eigenvalue weighted by Gasteiger charge is -2.26. The Morgan fingerprint density at radius 1 is 1.53 bits per heavy atom. The lowest BCUT2D eigenvalue weighted by atomic mass is 9.94. The second-order valence-corrected chi connectivity index (χ2v) is 5.46. The van der Waals surface area contributed by atoms with E-state index in [1.54, 1.807) is 17.9 Å². The largest absolute Gasteiger partial charge is 0.398 e. The fourth-order valence-corrected chi connectivity index (χ4v) is 2.74. The number of hydrogen-bond donors (Lipinski definition) is 2. The number of benzene rings is 1. The smallest absolute Gasteiger partial charge is 0.219 e. The first kappa shape index (κ1) is 13.8. The van der Waals surface area contributed by atoms with Crippen molar-refractivity contribution in [1.29, 1.82) is 5.41 Å². The summed E-state index contributed by atoms with van der Waals surface area (Å²) in [7, 11) is 0. The van der Waals surface area contributed by atoms with Gasteiger partial charge in [-0.1, -0.05) is 22.0 Å². The van der Waals surface area contributed by atoms with Gasteiger partial charge in [-0.3, -0.25) is 4.79 Å². The van der Waals surface area contributed by atoms with Crippen molar-refractivity contribution in [1.82, 2.24) is 4.90 Å². The van der Waals surface area contributed by atoms with E-state index in [-0.39, 0.29) is 5.91 Å². The van der Waals surface area contributed by atoms with Crippen molar-refractivity contribution in [2.75, 3.05) is 18.8 Å². The maximum absolute atomic E-state index is 11.3.